The Labute approximate surface area is 218 Å². The Morgan fingerprint density at radius 1 is 1.22 bits per heavy atom. The number of pyridine rings is 1. The van der Waals surface area contributed by atoms with E-state index in [4.69, 9.17) is 9.72 Å². The summed E-state index contributed by atoms with van der Waals surface area (Å²) in [6.45, 7) is 12.4. The summed E-state index contributed by atoms with van der Waals surface area (Å²) in [7, 11) is 3.83. The van der Waals surface area contributed by atoms with Crippen LogP contribution >= 0.6 is 11.8 Å². The molecule has 3 heterocycles. The predicted octanol–water partition coefficient (Wildman–Crippen LogP) is 3.87. The van der Waals surface area contributed by atoms with E-state index in [0.717, 1.165) is 68.6 Å². The summed E-state index contributed by atoms with van der Waals surface area (Å²) in [4.78, 5) is 25.1. The van der Waals surface area contributed by atoms with Crippen molar-refractivity contribution in [2.45, 2.75) is 19.0 Å². The minimum absolute atomic E-state index is 0.100. The summed E-state index contributed by atoms with van der Waals surface area (Å²) in [6.07, 6.45) is 3.41. The van der Waals surface area contributed by atoms with Gasteiger partial charge >= 0.3 is 0 Å². The second-order valence-electron chi connectivity index (χ2n) is 9.15. The van der Waals surface area contributed by atoms with Gasteiger partial charge in [-0.15, -0.1) is 0 Å². The smallest absolute Gasteiger partial charge is 0.247 e. The lowest BCUT2D eigenvalue weighted by molar-refractivity contribution is -0.111. The van der Waals surface area contributed by atoms with Crippen LogP contribution in [-0.2, 0) is 16.1 Å². The predicted molar refractivity (Wildman–Crippen MR) is 149 cm³/mol. The fourth-order valence-corrected chi connectivity index (χ4v) is 5.39. The minimum atomic E-state index is -0.231. The van der Waals surface area contributed by atoms with Gasteiger partial charge in [0.2, 0.25) is 5.91 Å². The van der Waals surface area contributed by atoms with Crippen molar-refractivity contribution in [2.75, 3.05) is 64.1 Å². The Kier molecular flexibility index (Phi) is 9.03. The zero-order valence-electron chi connectivity index (χ0n) is 21.4. The van der Waals surface area contributed by atoms with Crippen molar-refractivity contribution in [1.29, 1.82) is 0 Å². The highest BCUT2D eigenvalue weighted by Gasteiger charge is 2.22. The third-order valence-corrected chi connectivity index (χ3v) is 7.45. The molecule has 1 aromatic heterocycles. The van der Waals surface area contributed by atoms with Crippen molar-refractivity contribution in [3.63, 3.8) is 0 Å². The van der Waals surface area contributed by atoms with Crippen LogP contribution < -0.4 is 10.6 Å². The largest absolute Gasteiger partial charge is 0.383 e. The van der Waals surface area contributed by atoms with Gasteiger partial charge in [0.25, 0.3) is 0 Å². The first kappa shape index (κ1) is 26.2. The van der Waals surface area contributed by atoms with Gasteiger partial charge in [0, 0.05) is 75.8 Å². The monoisotopic (exact) mass is 508 g/mol. The lowest BCUT2D eigenvalue weighted by Gasteiger charge is -2.34. The summed E-state index contributed by atoms with van der Waals surface area (Å²) < 4.78 is 5.23. The number of benzene rings is 1. The number of hydrogen-bond acceptors (Lipinski definition) is 8. The highest BCUT2D eigenvalue weighted by Crippen LogP contribution is 2.32. The standard InChI is InChI=1S/C27H36N6O2S/c1-5-26(34)28-23-8-6-7-22(17-23)24-15-21(19-33-11-9-32(10-12-33)13-14-35-4)16-25(29-24)30-27-31(3)18-20(2)36-27/h5-8,15-18,27H,1,9-14,19H2,2-4H3,(H,28,34)(H,29,30). The van der Waals surface area contributed by atoms with Crippen molar-refractivity contribution >= 4 is 29.2 Å². The van der Waals surface area contributed by atoms with Crippen molar-refractivity contribution < 1.29 is 9.53 Å². The van der Waals surface area contributed by atoms with Crippen LogP contribution in [0.5, 0.6) is 0 Å². The first-order valence-electron chi connectivity index (χ1n) is 12.3. The van der Waals surface area contributed by atoms with Crippen molar-refractivity contribution in [3.05, 3.63) is 65.7 Å². The summed E-state index contributed by atoms with van der Waals surface area (Å²) in [5.41, 5.74) is 3.86. The molecule has 0 saturated carbocycles. The number of anilines is 2. The molecular weight excluding hydrogens is 472 g/mol. The maximum atomic E-state index is 11.8. The molecule has 1 saturated heterocycles. The number of methoxy groups -OCH3 is 1. The van der Waals surface area contributed by atoms with E-state index in [9.17, 15) is 4.79 Å². The Morgan fingerprint density at radius 2 is 2.00 bits per heavy atom. The molecule has 4 rings (SSSR count). The number of thioether (sulfide) groups is 1. The Hall–Kier alpha value is -2.85. The van der Waals surface area contributed by atoms with E-state index in [0.29, 0.717) is 0 Å². The van der Waals surface area contributed by atoms with Gasteiger partial charge in [-0.05, 0) is 42.8 Å². The van der Waals surface area contributed by atoms with E-state index in [2.05, 4.69) is 64.2 Å². The number of hydrogen-bond donors (Lipinski definition) is 2. The van der Waals surface area contributed by atoms with Crippen LogP contribution in [0.3, 0.4) is 0 Å². The molecule has 2 aliphatic rings. The first-order chi connectivity index (χ1) is 17.4. The second kappa shape index (κ2) is 12.4. The van der Waals surface area contributed by atoms with E-state index in [1.54, 1.807) is 18.9 Å². The van der Waals surface area contributed by atoms with Crippen LogP contribution in [0.4, 0.5) is 11.5 Å². The average Bonchev–Trinajstić information content (AvgIpc) is 3.19. The lowest BCUT2D eigenvalue weighted by atomic mass is 10.1. The molecule has 2 aliphatic heterocycles. The van der Waals surface area contributed by atoms with Gasteiger partial charge in [-0.25, -0.2) is 4.98 Å². The number of piperazine rings is 1. The zero-order chi connectivity index (χ0) is 25.5. The topological polar surface area (TPSA) is 73.0 Å². The molecule has 192 valence electrons. The quantitative estimate of drug-likeness (QED) is 0.469. The number of nitrogens with zero attached hydrogens (tertiary/aromatic N) is 4. The van der Waals surface area contributed by atoms with Crippen molar-refractivity contribution in [2.24, 2.45) is 0 Å². The van der Waals surface area contributed by atoms with Crippen molar-refractivity contribution in [3.8, 4) is 11.3 Å². The van der Waals surface area contributed by atoms with E-state index < -0.39 is 0 Å². The van der Waals surface area contributed by atoms with Gasteiger partial charge in [-0.1, -0.05) is 30.5 Å². The number of amides is 1. The number of rotatable bonds is 10. The lowest BCUT2D eigenvalue weighted by Crippen LogP contribution is -2.46. The second-order valence-corrected chi connectivity index (χ2v) is 10.5. The fraction of sp³-hybridized carbons (Fsp3) is 0.407. The van der Waals surface area contributed by atoms with Crippen LogP contribution in [0.15, 0.2) is 60.2 Å². The van der Waals surface area contributed by atoms with Gasteiger partial charge in [0.15, 0.2) is 5.50 Å². The molecule has 0 aliphatic carbocycles. The van der Waals surface area contributed by atoms with E-state index in [-0.39, 0.29) is 11.4 Å². The van der Waals surface area contributed by atoms with Crippen molar-refractivity contribution in [1.82, 2.24) is 19.7 Å². The summed E-state index contributed by atoms with van der Waals surface area (Å²) >= 11 is 1.78. The Balaban J connectivity index is 1.55. The molecule has 1 amide bonds. The molecule has 2 N–H and O–H groups in total. The van der Waals surface area contributed by atoms with Gasteiger partial charge in [-0.2, -0.15) is 0 Å². The summed E-state index contributed by atoms with van der Waals surface area (Å²) in [5, 5.41) is 6.44. The highest BCUT2D eigenvalue weighted by molar-refractivity contribution is 8.03. The van der Waals surface area contributed by atoms with Gasteiger partial charge in [0.05, 0.1) is 12.3 Å². The molecule has 1 aromatic carbocycles. The minimum Gasteiger partial charge on any atom is -0.383 e. The van der Waals surface area contributed by atoms with Gasteiger partial charge in [-0.3, -0.25) is 14.6 Å². The third kappa shape index (κ3) is 7.10. The molecule has 8 nitrogen and oxygen atoms in total. The van der Waals surface area contributed by atoms with Crippen LogP contribution in [-0.4, -0.2) is 84.6 Å². The third-order valence-electron chi connectivity index (χ3n) is 6.30. The fourth-order valence-electron chi connectivity index (χ4n) is 4.40. The van der Waals surface area contributed by atoms with Crippen LogP contribution in [0.1, 0.15) is 12.5 Å². The SMILES string of the molecule is C=CC(=O)Nc1cccc(-c2cc(CN3CCN(CCOC)CC3)cc(NC3SC(C)=CN3C)n2)c1. The summed E-state index contributed by atoms with van der Waals surface area (Å²) in [5.74, 6) is 0.610. The Bertz CT molecular complexity index is 1100. The molecule has 9 heteroatoms. The molecule has 36 heavy (non-hydrogen) atoms. The Morgan fingerprint density at radius 3 is 2.69 bits per heavy atom. The normalized spacial score (nSPS) is 18.7. The highest BCUT2D eigenvalue weighted by atomic mass is 32.2. The van der Waals surface area contributed by atoms with Gasteiger partial charge in [0.1, 0.15) is 5.82 Å². The first-order valence-corrected chi connectivity index (χ1v) is 13.1. The maximum absolute atomic E-state index is 11.8. The number of carbonyl (C=O) groups is 1. The number of aromatic nitrogens is 1. The number of ether oxygens (including phenoxy) is 1. The van der Waals surface area contributed by atoms with Crippen LogP contribution in [0.2, 0.25) is 0 Å². The molecule has 1 unspecified atom stereocenters. The molecule has 0 bridgehead atoms. The summed E-state index contributed by atoms with van der Waals surface area (Å²) in [6, 6.07) is 12.1. The number of nitrogens with one attached hydrogen (secondary N) is 2. The molecule has 2 aromatic rings. The number of allylic oxidation sites excluding steroid dienone is 1. The molecule has 0 spiro atoms. The van der Waals surface area contributed by atoms with Gasteiger partial charge < -0.3 is 20.3 Å². The number of carbonyl (C=O) groups excluding carboxylic acids is 1. The maximum Gasteiger partial charge on any atom is 0.247 e. The van der Waals surface area contributed by atoms with E-state index in [1.807, 2.05) is 24.3 Å². The molecule has 1 atom stereocenters. The molecular formula is C27H36N6O2S. The van der Waals surface area contributed by atoms with E-state index >= 15 is 0 Å². The van der Waals surface area contributed by atoms with E-state index in [1.165, 1.54) is 16.5 Å². The molecule has 1 fully saturated rings. The molecule has 0 radical (unpaired) electrons. The average molecular weight is 509 g/mol. The zero-order valence-corrected chi connectivity index (χ0v) is 22.2. The van der Waals surface area contributed by atoms with Crippen LogP contribution in [0, 0.1) is 0 Å². The van der Waals surface area contributed by atoms with Crippen LogP contribution in [0.25, 0.3) is 11.3 Å².